The van der Waals surface area contributed by atoms with Crippen LogP contribution in [0.2, 0.25) is 5.02 Å². The highest BCUT2D eigenvalue weighted by Gasteiger charge is 1.98. The van der Waals surface area contributed by atoms with Crippen molar-refractivity contribution in [1.82, 2.24) is 10.3 Å². The molecule has 0 atom stereocenters. The molecule has 1 heterocycles. The van der Waals surface area contributed by atoms with Gasteiger partial charge < -0.3 is 5.32 Å². The average Bonchev–Trinajstić information content (AvgIpc) is 2.30. The lowest BCUT2D eigenvalue weighted by atomic mass is 10.2. The van der Waals surface area contributed by atoms with E-state index in [1.807, 2.05) is 6.07 Å². The van der Waals surface area contributed by atoms with E-state index in [0.29, 0.717) is 0 Å². The van der Waals surface area contributed by atoms with Crippen LogP contribution < -0.4 is 5.32 Å². The fraction of sp³-hybridized carbons (Fsp3) is 0.583. The zero-order chi connectivity index (χ0) is 11.6. The molecule has 90 valence electrons. The summed E-state index contributed by atoms with van der Waals surface area (Å²) in [7, 11) is 0. The van der Waals surface area contributed by atoms with Gasteiger partial charge in [-0.05, 0) is 31.0 Å². The van der Waals surface area contributed by atoms with Gasteiger partial charge in [0.05, 0.1) is 5.02 Å². The number of nitrogens with one attached hydrogen (secondary N) is 1. The molecule has 0 bridgehead atoms. The van der Waals surface area contributed by atoms with Gasteiger partial charge in [0, 0.05) is 24.8 Å². The van der Waals surface area contributed by atoms with E-state index in [1.165, 1.54) is 19.3 Å². The number of halogens is 2. The third-order valence-corrected chi connectivity index (χ3v) is 3.02. The lowest BCUT2D eigenvalue weighted by Crippen LogP contribution is -2.14. The summed E-state index contributed by atoms with van der Waals surface area (Å²) < 4.78 is 0. The van der Waals surface area contributed by atoms with Crippen LogP contribution in [0, 0.1) is 0 Å². The number of aromatic nitrogens is 1. The first kappa shape index (κ1) is 13.8. The summed E-state index contributed by atoms with van der Waals surface area (Å²) >= 11 is 11.6. The summed E-state index contributed by atoms with van der Waals surface area (Å²) in [6, 6.07) is 1.95. The van der Waals surface area contributed by atoms with Crippen LogP contribution in [0.5, 0.6) is 0 Å². The molecule has 0 fully saturated rings. The van der Waals surface area contributed by atoms with Crippen LogP contribution in [0.15, 0.2) is 18.5 Å². The van der Waals surface area contributed by atoms with Gasteiger partial charge in [-0.2, -0.15) is 0 Å². The lowest BCUT2D eigenvalue weighted by molar-refractivity contribution is 0.599. The molecule has 0 unspecified atom stereocenters. The predicted octanol–water partition coefficient (Wildman–Crippen LogP) is 3.62. The zero-order valence-corrected chi connectivity index (χ0v) is 10.9. The average molecular weight is 261 g/mol. The standard InChI is InChI=1S/C12H18Cl2N2/c13-6-3-1-2-4-7-15-9-11-5-8-16-10-12(11)14/h5,8,10,15H,1-4,6-7,9H2. The molecule has 0 aliphatic heterocycles. The van der Waals surface area contributed by atoms with Gasteiger partial charge in [0.25, 0.3) is 0 Å². The lowest BCUT2D eigenvalue weighted by Gasteiger charge is -2.05. The summed E-state index contributed by atoms with van der Waals surface area (Å²) in [5.74, 6) is 0.778. The van der Waals surface area contributed by atoms with Crippen molar-refractivity contribution in [2.45, 2.75) is 32.2 Å². The molecule has 0 aromatic carbocycles. The van der Waals surface area contributed by atoms with Crippen LogP contribution in [0.3, 0.4) is 0 Å². The highest BCUT2D eigenvalue weighted by molar-refractivity contribution is 6.31. The first-order chi connectivity index (χ1) is 7.84. The number of nitrogens with zero attached hydrogens (tertiary/aromatic N) is 1. The number of alkyl halides is 1. The normalized spacial score (nSPS) is 10.6. The third-order valence-electron chi connectivity index (χ3n) is 2.41. The van der Waals surface area contributed by atoms with E-state index in [2.05, 4.69) is 10.3 Å². The van der Waals surface area contributed by atoms with Gasteiger partial charge in [-0.1, -0.05) is 24.4 Å². The third kappa shape index (κ3) is 5.69. The largest absolute Gasteiger partial charge is 0.313 e. The second kappa shape index (κ2) is 8.80. The van der Waals surface area contributed by atoms with Gasteiger partial charge in [-0.25, -0.2) is 0 Å². The minimum atomic E-state index is 0.733. The van der Waals surface area contributed by atoms with Crippen LogP contribution in [-0.4, -0.2) is 17.4 Å². The molecule has 0 radical (unpaired) electrons. The molecule has 0 saturated carbocycles. The van der Waals surface area contributed by atoms with Crippen LogP contribution in [-0.2, 0) is 6.54 Å². The maximum Gasteiger partial charge on any atom is 0.0634 e. The second-order valence-electron chi connectivity index (χ2n) is 3.75. The number of pyridine rings is 1. The van der Waals surface area contributed by atoms with E-state index in [0.717, 1.165) is 36.0 Å². The fourth-order valence-corrected chi connectivity index (χ4v) is 1.84. The Balaban J connectivity index is 2.05. The van der Waals surface area contributed by atoms with Gasteiger partial charge >= 0.3 is 0 Å². The summed E-state index contributed by atoms with van der Waals surface area (Å²) in [6.07, 6.45) is 8.23. The smallest absolute Gasteiger partial charge is 0.0634 e. The number of hydrogen-bond donors (Lipinski definition) is 1. The van der Waals surface area contributed by atoms with Gasteiger partial charge in [-0.3, -0.25) is 4.98 Å². The highest BCUT2D eigenvalue weighted by Crippen LogP contribution is 2.12. The first-order valence-electron chi connectivity index (χ1n) is 5.69. The van der Waals surface area contributed by atoms with E-state index in [9.17, 15) is 0 Å². The summed E-state index contributed by atoms with van der Waals surface area (Å²) in [5, 5.41) is 4.11. The molecular formula is C12H18Cl2N2. The van der Waals surface area contributed by atoms with E-state index in [-0.39, 0.29) is 0 Å². The predicted molar refractivity (Wildman–Crippen MR) is 70.1 cm³/mol. The van der Waals surface area contributed by atoms with Crippen molar-refractivity contribution in [3.8, 4) is 0 Å². The fourth-order valence-electron chi connectivity index (χ4n) is 1.47. The van der Waals surface area contributed by atoms with Crippen molar-refractivity contribution in [1.29, 1.82) is 0 Å². The topological polar surface area (TPSA) is 24.9 Å². The Morgan fingerprint density at radius 3 is 2.75 bits per heavy atom. The molecule has 1 rings (SSSR count). The van der Waals surface area contributed by atoms with Gasteiger partial charge in [0.15, 0.2) is 0 Å². The highest BCUT2D eigenvalue weighted by atomic mass is 35.5. The zero-order valence-electron chi connectivity index (χ0n) is 9.38. The van der Waals surface area contributed by atoms with Gasteiger partial charge in [-0.15, -0.1) is 11.6 Å². The van der Waals surface area contributed by atoms with Crippen molar-refractivity contribution in [3.63, 3.8) is 0 Å². The van der Waals surface area contributed by atoms with Crippen molar-refractivity contribution in [2.24, 2.45) is 0 Å². The first-order valence-corrected chi connectivity index (χ1v) is 6.61. The number of rotatable bonds is 8. The maximum absolute atomic E-state index is 5.99. The Morgan fingerprint density at radius 1 is 1.19 bits per heavy atom. The molecule has 0 saturated heterocycles. The quantitative estimate of drug-likeness (QED) is 0.571. The Hall–Kier alpha value is -0.310. The Morgan fingerprint density at radius 2 is 2.00 bits per heavy atom. The van der Waals surface area contributed by atoms with Crippen molar-refractivity contribution < 1.29 is 0 Å². The molecule has 0 aliphatic carbocycles. The molecule has 2 nitrogen and oxygen atoms in total. The van der Waals surface area contributed by atoms with Crippen LogP contribution >= 0.6 is 23.2 Å². The monoisotopic (exact) mass is 260 g/mol. The van der Waals surface area contributed by atoms with E-state index in [4.69, 9.17) is 23.2 Å². The van der Waals surface area contributed by atoms with Crippen molar-refractivity contribution in [3.05, 3.63) is 29.0 Å². The Kier molecular flexibility index (Phi) is 7.56. The minimum absolute atomic E-state index is 0.733. The summed E-state index contributed by atoms with van der Waals surface area (Å²) in [5.41, 5.74) is 1.11. The van der Waals surface area contributed by atoms with Crippen molar-refractivity contribution >= 4 is 23.2 Å². The van der Waals surface area contributed by atoms with Crippen LogP contribution in [0.25, 0.3) is 0 Å². The summed E-state index contributed by atoms with van der Waals surface area (Å²) in [4.78, 5) is 3.95. The molecule has 1 N–H and O–H groups in total. The molecule has 0 aliphatic rings. The van der Waals surface area contributed by atoms with Gasteiger partial charge in [0.2, 0.25) is 0 Å². The van der Waals surface area contributed by atoms with Crippen LogP contribution in [0.4, 0.5) is 0 Å². The number of hydrogen-bond acceptors (Lipinski definition) is 2. The molecule has 0 spiro atoms. The molecule has 0 amide bonds. The second-order valence-corrected chi connectivity index (χ2v) is 4.53. The number of unbranched alkanes of at least 4 members (excludes halogenated alkanes) is 3. The molecular weight excluding hydrogens is 243 g/mol. The van der Waals surface area contributed by atoms with E-state index < -0.39 is 0 Å². The van der Waals surface area contributed by atoms with Gasteiger partial charge in [0.1, 0.15) is 0 Å². The van der Waals surface area contributed by atoms with E-state index in [1.54, 1.807) is 12.4 Å². The molecule has 1 aromatic heterocycles. The summed E-state index contributed by atoms with van der Waals surface area (Å²) in [6.45, 7) is 1.85. The SMILES string of the molecule is ClCCCCCCNCc1ccncc1Cl. The van der Waals surface area contributed by atoms with E-state index >= 15 is 0 Å². The Bertz CT molecular complexity index is 292. The Labute approximate surface area is 107 Å². The van der Waals surface area contributed by atoms with Crippen LogP contribution in [0.1, 0.15) is 31.2 Å². The maximum atomic E-state index is 5.99. The molecule has 16 heavy (non-hydrogen) atoms. The van der Waals surface area contributed by atoms with Crippen molar-refractivity contribution in [2.75, 3.05) is 12.4 Å². The molecule has 1 aromatic rings. The molecule has 4 heteroatoms. The minimum Gasteiger partial charge on any atom is -0.313 e.